The van der Waals surface area contributed by atoms with Crippen LogP contribution in [0.3, 0.4) is 0 Å². The van der Waals surface area contributed by atoms with Crippen molar-refractivity contribution >= 4 is 27.5 Å². The molecule has 2 heterocycles. The summed E-state index contributed by atoms with van der Waals surface area (Å²) < 4.78 is 6.85. The number of hydrogen-bond acceptors (Lipinski definition) is 5. The third-order valence-electron chi connectivity index (χ3n) is 4.89. The van der Waals surface area contributed by atoms with Gasteiger partial charge in [0.1, 0.15) is 16.9 Å². The minimum Gasteiger partial charge on any atom is -0.493 e. The highest BCUT2D eigenvalue weighted by Crippen LogP contribution is 2.35. The quantitative estimate of drug-likeness (QED) is 0.483. The molecule has 0 aliphatic carbocycles. The number of nitrogens with one attached hydrogen (secondary N) is 1. The number of benzene rings is 2. The Labute approximate surface area is 184 Å². The molecule has 6 nitrogen and oxygen atoms in total. The molecule has 158 valence electrons. The Morgan fingerprint density at radius 3 is 2.52 bits per heavy atom. The minimum atomic E-state index is -0.319. The topological polar surface area (TPSA) is 73.2 Å². The average Bonchev–Trinajstić information content (AvgIpc) is 3.07. The van der Waals surface area contributed by atoms with Gasteiger partial charge in [0.25, 0.3) is 5.56 Å². The van der Waals surface area contributed by atoms with Crippen LogP contribution in [0.4, 0.5) is 0 Å². The first-order chi connectivity index (χ1) is 14.9. The summed E-state index contributed by atoms with van der Waals surface area (Å²) in [5.41, 5.74) is 6.35. The fourth-order valence-electron chi connectivity index (χ4n) is 3.60. The number of fused-ring (bicyclic) bond motifs is 1. The third kappa shape index (κ3) is 4.51. The van der Waals surface area contributed by atoms with Crippen LogP contribution >= 0.6 is 11.3 Å². The van der Waals surface area contributed by atoms with Crippen molar-refractivity contribution in [3.8, 4) is 16.9 Å². The Morgan fingerprint density at radius 2 is 1.81 bits per heavy atom. The molecule has 0 atom stereocenters. The Balaban J connectivity index is 1.51. The first-order valence-corrected chi connectivity index (χ1v) is 10.8. The summed E-state index contributed by atoms with van der Waals surface area (Å²) in [4.78, 5) is 31.6. The molecule has 2 aromatic heterocycles. The molecular weight excluding hydrogens is 410 g/mol. The number of nitrogens with zero attached hydrogens (tertiary/aromatic N) is 2. The highest BCUT2D eigenvalue weighted by molar-refractivity contribution is 7.19. The minimum absolute atomic E-state index is 0.117. The lowest BCUT2D eigenvalue weighted by atomic mass is 10.0. The highest BCUT2D eigenvalue weighted by Gasteiger charge is 2.17. The van der Waals surface area contributed by atoms with Gasteiger partial charge in [-0.05, 0) is 49.6 Å². The van der Waals surface area contributed by atoms with E-state index < -0.39 is 0 Å². The van der Waals surface area contributed by atoms with E-state index >= 15 is 0 Å². The summed E-state index contributed by atoms with van der Waals surface area (Å²) in [7, 11) is 0. The molecule has 0 unspecified atom stereocenters. The first kappa shape index (κ1) is 20.8. The second-order valence-corrected chi connectivity index (χ2v) is 8.66. The van der Waals surface area contributed by atoms with Gasteiger partial charge in [0.2, 0.25) is 5.91 Å². The molecule has 0 radical (unpaired) electrons. The maximum Gasteiger partial charge on any atom is 0.281 e. The molecule has 4 aromatic rings. The fourth-order valence-corrected chi connectivity index (χ4v) is 4.61. The van der Waals surface area contributed by atoms with Crippen LogP contribution in [0.1, 0.15) is 22.4 Å². The molecule has 0 fully saturated rings. The molecule has 0 bridgehead atoms. The Hall–Kier alpha value is -3.45. The van der Waals surface area contributed by atoms with Crippen LogP contribution in [0.5, 0.6) is 5.75 Å². The van der Waals surface area contributed by atoms with Gasteiger partial charge in [-0.25, -0.2) is 9.66 Å². The molecular formula is C24H23N3O3S. The Kier molecular flexibility index (Phi) is 5.86. The number of amides is 1. The zero-order chi connectivity index (χ0) is 22.0. The number of hydrogen-bond donors (Lipinski definition) is 1. The van der Waals surface area contributed by atoms with Gasteiger partial charge >= 0.3 is 0 Å². The lowest BCUT2D eigenvalue weighted by Crippen LogP contribution is -2.33. The van der Waals surface area contributed by atoms with E-state index in [-0.39, 0.29) is 24.5 Å². The largest absolute Gasteiger partial charge is 0.493 e. The van der Waals surface area contributed by atoms with E-state index in [9.17, 15) is 9.59 Å². The van der Waals surface area contributed by atoms with Crippen molar-refractivity contribution < 1.29 is 9.53 Å². The normalized spacial score (nSPS) is 10.9. The maximum atomic E-state index is 13.1. The van der Waals surface area contributed by atoms with E-state index in [2.05, 4.69) is 16.5 Å². The number of aromatic nitrogens is 2. The van der Waals surface area contributed by atoms with E-state index in [1.54, 1.807) is 0 Å². The van der Waals surface area contributed by atoms with Gasteiger partial charge < -0.3 is 4.74 Å². The van der Waals surface area contributed by atoms with Crippen molar-refractivity contribution in [2.75, 3.05) is 12.0 Å². The van der Waals surface area contributed by atoms with E-state index in [1.165, 1.54) is 17.7 Å². The van der Waals surface area contributed by atoms with Gasteiger partial charge in [-0.15, -0.1) is 11.3 Å². The van der Waals surface area contributed by atoms with E-state index in [0.717, 1.165) is 37.6 Å². The number of rotatable bonds is 6. The standard InChI is InChI=1S/C24H23N3O3S/c1-15-11-16(2)13-19(12-15)30-10-9-20(28)26-27-14-25-23-22(24(27)29)21(17(3)31-23)18-7-5-4-6-8-18/h4-8,11-14H,9-10H2,1-3H3,(H,26,28). The predicted octanol–water partition coefficient (Wildman–Crippen LogP) is 4.59. The summed E-state index contributed by atoms with van der Waals surface area (Å²) in [6, 6.07) is 15.7. The number of thiophene rings is 1. The van der Waals surface area contributed by atoms with Crippen molar-refractivity contribution in [1.29, 1.82) is 0 Å². The fraction of sp³-hybridized carbons (Fsp3) is 0.208. The van der Waals surface area contributed by atoms with Crippen LogP contribution in [0, 0.1) is 20.8 Å². The molecule has 0 saturated carbocycles. The van der Waals surface area contributed by atoms with Crippen molar-refractivity contribution in [2.45, 2.75) is 27.2 Å². The molecule has 31 heavy (non-hydrogen) atoms. The van der Waals surface area contributed by atoms with Crippen LogP contribution in [0.2, 0.25) is 0 Å². The van der Waals surface area contributed by atoms with Crippen molar-refractivity contribution in [3.63, 3.8) is 0 Å². The van der Waals surface area contributed by atoms with E-state index in [1.807, 2.05) is 63.2 Å². The molecule has 0 saturated heterocycles. The van der Waals surface area contributed by atoms with E-state index in [4.69, 9.17) is 4.74 Å². The monoisotopic (exact) mass is 433 g/mol. The molecule has 4 rings (SSSR count). The van der Waals surface area contributed by atoms with E-state index in [0.29, 0.717) is 10.2 Å². The number of carbonyl (C=O) groups excluding carboxylic acids is 1. The number of ether oxygens (including phenoxy) is 1. The van der Waals surface area contributed by atoms with Crippen LogP contribution in [0.25, 0.3) is 21.3 Å². The molecule has 2 aromatic carbocycles. The summed E-state index contributed by atoms with van der Waals surface area (Å²) in [5, 5.41) is 0.517. The zero-order valence-electron chi connectivity index (χ0n) is 17.6. The number of aryl methyl sites for hydroxylation is 3. The van der Waals surface area contributed by atoms with Crippen LogP contribution < -0.4 is 15.7 Å². The van der Waals surface area contributed by atoms with Gasteiger partial charge in [0.05, 0.1) is 18.4 Å². The Morgan fingerprint density at radius 1 is 1.10 bits per heavy atom. The average molecular weight is 434 g/mol. The van der Waals surface area contributed by atoms with Crippen LogP contribution in [-0.2, 0) is 4.79 Å². The van der Waals surface area contributed by atoms with Crippen LogP contribution in [0.15, 0.2) is 59.7 Å². The second kappa shape index (κ2) is 8.73. The lowest BCUT2D eigenvalue weighted by molar-refractivity contribution is -0.117. The summed E-state index contributed by atoms with van der Waals surface area (Å²) in [6.07, 6.45) is 1.48. The molecule has 1 N–H and O–H groups in total. The summed E-state index contributed by atoms with van der Waals surface area (Å²) in [6.45, 7) is 6.18. The van der Waals surface area contributed by atoms with Gasteiger partial charge in [-0.3, -0.25) is 15.0 Å². The van der Waals surface area contributed by atoms with Gasteiger partial charge in [0, 0.05) is 10.4 Å². The number of carbonyl (C=O) groups is 1. The molecule has 0 aliphatic heterocycles. The maximum absolute atomic E-state index is 13.1. The molecule has 0 aliphatic rings. The van der Waals surface area contributed by atoms with Gasteiger partial charge in [0.15, 0.2) is 0 Å². The third-order valence-corrected chi connectivity index (χ3v) is 5.90. The summed E-state index contributed by atoms with van der Waals surface area (Å²) in [5.74, 6) is 0.410. The first-order valence-electron chi connectivity index (χ1n) is 9.99. The predicted molar refractivity (Wildman–Crippen MR) is 124 cm³/mol. The highest BCUT2D eigenvalue weighted by atomic mass is 32.1. The van der Waals surface area contributed by atoms with Gasteiger partial charge in [-0.2, -0.15) is 0 Å². The summed E-state index contributed by atoms with van der Waals surface area (Å²) >= 11 is 1.47. The SMILES string of the molecule is Cc1cc(C)cc(OCCC(=O)Nn2cnc3sc(C)c(-c4ccccc4)c3c2=O)c1. The Bertz CT molecular complexity index is 1290. The van der Waals surface area contributed by atoms with Crippen molar-refractivity contribution in [2.24, 2.45) is 0 Å². The van der Waals surface area contributed by atoms with Crippen molar-refractivity contribution in [3.05, 3.63) is 81.2 Å². The zero-order valence-corrected chi connectivity index (χ0v) is 18.5. The molecule has 7 heteroatoms. The molecule has 1 amide bonds. The molecule has 0 spiro atoms. The van der Waals surface area contributed by atoms with Gasteiger partial charge in [-0.1, -0.05) is 36.4 Å². The lowest BCUT2D eigenvalue weighted by Gasteiger charge is -2.10. The second-order valence-electron chi connectivity index (χ2n) is 7.46. The van der Waals surface area contributed by atoms with Crippen LogP contribution in [-0.4, -0.2) is 22.2 Å². The smallest absolute Gasteiger partial charge is 0.281 e. The van der Waals surface area contributed by atoms with Crippen molar-refractivity contribution in [1.82, 2.24) is 9.66 Å².